The summed E-state index contributed by atoms with van der Waals surface area (Å²) < 4.78 is 6.57. The van der Waals surface area contributed by atoms with E-state index in [-0.39, 0.29) is 17.4 Å². The summed E-state index contributed by atoms with van der Waals surface area (Å²) in [7, 11) is 1.34. The van der Waals surface area contributed by atoms with Gasteiger partial charge in [0.1, 0.15) is 10.5 Å². The predicted octanol–water partition coefficient (Wildman–Crippen LogP) is 2.42. The molecule has 1 rings (SSSR count). The Morgan fingerprint density at radius 1 is 1.52 bits per heavy atom. The monoisotopic (exact) mass is 359 g/mol. The van der Waals surface area contributed by atoms with Gasteiger partial charge in [0, 0.05) is 6.54 Å². The Balaban J connectivity index is 3.01. The fourth-order valence-electron chi connectivity index (χ4n) is 1.83. The number of rotatable bonds is 7. The summed E-state index contributed by atoms with van der Waals surface area (Å²) in [6.45, 7) is 6.44. The van der Waals surface area contributed by atoms with Crippen LogP contribution in [0.3, 0.4) is 0 Å². The second-order valence-corrected chi connectivity index (χ2v) is 5.94. The van der Waals surface area contributed by atoms with Gasteiger partial charge in [-0.2, -0.15) is 5.10 Å². The zero-order valence-corrected chi connectivity index (χ0v) is 14.4. The maximum atomic E-state index is 12.2. The van der Waals surface area contributed by atoms with Crippen LogP contribution in [0.1, 0.15) is 33.6 Å². The topological polar surface area (TPSA) is 73.2 Å². The number of methoxy groups -OCH3 is 1. The van der Waals surface area contributed by atoms with Gasteiger partial charge in [-0.25, -0.2) is 9.48 Å². The van der Waals surface area contributed by atoms with E-state index in [1.165, 1.54) is 11.8 Å². The number of esters is 1. The third kappa shape index (κ3) is 4.56. The summed E-state index contributed by atoms with van der Waals surface area (Å²) in [4.78, 5) is 23.9. The summed E-state index contributed by atoms with van der Waals surface area (Å²) in [6, 6.07) is -0.529. The van der Waals surface area contributed by atoms with Gasteiger partial charge >= 0.3 is 5.97 Å². The van der Waals surface area contributed by atoms with Crippen molar-refractivity contribution >= 4 is 27.6 Å². The standard InChI is InChI=1S/C14H22BrN3O3/c1-5-6-7-18-13(19)11(15)10(8-16-18)17-12(9(2)3)14(20)21-4/h8-9,12,17H,5-7H2,1-4H3. The van der Waals surface area contributed by atoms with E-state index < -0.39 is 6.04 Å². The maximum absolute atomic E-state index is 12.2. The first kappa shape index (κ1) is 17.7. The molecule has 1 N–H and O–H groups in total. The zero-order valence-electron chi connectivity index (χ0n) is 12.9. The van der Waals surface area contributed by atoms with Crippen molar-refractivity contribution in [3.63, 3.8) is 0 Å². The van der Waals surface area contributed by atoms with Crippen LogP contribution in [0.5, 0.6) is 0 Å². The molecular weight excluding hydrogens is 338 g/mol. The molecule has 0 aliphatic carbocycles. The second kappa shape index (κ2) is 8.17. The smallest absolute Gasteiger partial charge is 0.328 e. The lowest BCUT2D eigenvalue weighted by Gasteiger charge is -2.21. The second-order valence-electron chi connectivity index (χ2n) is 5.14. The third-order valence-corrected chi connectivity index (χ3v) is 3.91. The van der Waals surface area contributed by atoms with E-state index in [0.29, 0.717) is 16.7 Å². The summed E-state index contributed by atoms with van der Waals surface area (Å²) in [5.74, 6) is -0.348. The van der Waals surface area contributed by atoms with Gasteiger partial charge in [0.25, 0.3) is 5.56 Å². The minimum absolute atomic E-state index is 0.0203. The van der Waals surface area contributed by atoms with Crippen LogP contribution in [0, 0.1) is 5.92 Å². The molecule has 7 heteroatoms. The Hall–Kier alpha value is -1.37. The van der Waals surface area contributed by atoms with Crippen molar-refractivity contribution in [1.82, 2.24) is 9.78 Å². The van der Waals surface area contributed by atoms with Crippen LogP contribution in [0.2, 0.25) is 0 Å². The third-order valence-electron chi connectivity index (χ3n) is 3.14. The number of unbranched alkanes of at least 4 members (excludes halogenated alkanes) is 1. The highest BCUT2D eigenvalue weighted by molar-refractivity contribution is 9.10. The van der Waals surface area contributed by atoms with E-state index in [9.17, 15) is 9.59 Å². The number of ether oxygens (including phenoxy) is 1. The molecule has 1 heterocycles. The van der Waals surface area contributed by atoms with E-state index >= 15 is 0 Å². The molecule has 0 aromatic carbocycles. The lowest BCUT2D eigenvalue weighted by atomic mass is 10.0. The first-order valence-corrected chi connectivity index (χ1v) is 7.81. The highest BCUT2D eigenvalue weighted by Gasteiger charge is 2.24. The van der Waals surface area contributed by atoms with Gasteiger partial charge in [0.05, 0.1) is 19.0 Å². The highest BCUT2D eigenvalue weighted by Crippen LogP contribution is 2.20. The van der Waals surface area contributed by atoms with Gasteiger partial charge in [-0.05, 0) is 28.3 Å². The van der Waals surface area contributed by atoms with Crippen molar-refractivity contribution in [3.8, 4) is 0 Å². The van der Waals surface area contributed by atoms with Crippen LogP contribution in [-0.2, 0) is 16.1 Å². The normalized spacial score (nSPS) is 12.3. The largest absolute Gasteiger partial charge is 0.467 e. The minimum atomic E-state index is -0.529. The van der Waals surface area contributed by atoms with Crippen LogP contribution in [0.25, 0.3) is 0 Å². The molecule has 0 fully saturated rings. The molecule has 1 aromatic heterocycles. The quantitative estimate of drug-likeness (QED) is 0.756. The molecule has 118 valence electrons. The molecule has 1 aromatic rings. The van der Waals surface area contributed by atoms with Crippen molar-refractivity contribution in [3.05, 3.63) is 21.0 Å². The molecule has 1 unspecified atom stereocenters. The Labute approximate surface area is 133 Å². The molecule has 0 saturated heterocycles. The predicted molar refractivity (Wildman–Crippen MR) is 85.4 cm³/mol. The molecular formula is C14H22BrN3O3. The fraction of sp³-hybridized carbons (Fsp3) is 0.643. The van der Waals surface area contributed by atoms with Crippen LogP contribution in [-0.4, -0.2) is 28.9 Å². The summed E-state index contributed by atoms with van der Waals surface area (Å²) in [5.41, 5.74) is 0.290. The van der Waals surface area contributed by atoms with Crippen molar-refractivity contribution in [1.29, 1.82) is 0 Å². The van der Waals surface area contributed by atoms with E-state index in [1.807, 2.05) is 13.8 Å². The fourth-order valence-corrected chi connectivity index (χ4v) is 2.25. The molecule has 0 spiro atoms. The van der Waals surface area contributed by atoms with Crippen molar-refractivity contribution in [2.45, 2.75) is 46.2 Å². The average Bonchev–Trinajstić information content (AvgIpc) is 2.46. The lowest BCUT2D eigenvalue weighted by Crippen LogP contribution is -2.36. The molecule has 1 atom stereocenters. The van der Waals surface area contributed by atoms with E-state index in [4.69, 9.17) is 4.74 Å². The van der Waals surface area contributed by atoms with Gasteiger partial charge in [-0.1, -0.05) is 27.2 Å². The van der Waals surface area contributed by atoms with Gasteiger partial charge in [0.15, 0.2) is 0 Å². The number of nitrogens with zero attached hydrogens (tertiary/aromatic N) is 2. The van der Waals surface area contributed by atoms with E-state index in [0.717, 1.165) is 12.8 Å². The lowest BCUT2D eigenvalue weighted by molar-refractivity contribution is -0.142. The first-order valence-electron chi connectivity index (χ1n) is 7.02. The summed E-state index contributed by atoms with van der Waals surface area (Å²) >= 11 is 3.28. The van der Waals surface area contributed by atoms with Gasteiger partial charge < -0.3 is 10.1 Å². The Morgan fingerprint density at radius 3 is 2.71 bits per heavy atom. The number of carbonyl (C=O) groups is 1. The minimum Gasteiger partial charge on any atom is -0.467 e. The number of carbonyl (C=O) groups excluding carboxylic acids is 1. The number of halogens is 1. The molecule has 0 radical (unpaired) electrons. The molecule has 0 aliphatic rings. The molecule has 6 nitrogen and oxygen atoms in total. The molecule has 0 aliphatic heterocycles. The van der Waals surface area contributed by atoms with Gasteiger partial charge in [0.2, 0.25) is 0 Å². The number of nitrogens with one attached hydrogen (secondary N) is 1. The Kier molecular flexibility index (Phi) is 6.87. The average molecular weight is 360 g/mol. The van der Waals surface area contributed by atoms with Crippen LogP contribution < -0.4 is 10.9 Å². The number of aryl methyl sites for hydroxylation is 1. The SMILES string of the molecule is CCCCn1ncc(NC(C(=O)OC)C(C)C)c(Br)c1=O. The molecule has 21 heavy (non-hydrogen) atoms. The highest BCUT2D eigenvalue weighted by atomic mass is 79.9. The molecule has 0 saturated carbocycles. The van der Waals surface area contributed by atoms with Gasteiger partial charge in [-0.15, -0.1) is 0 Å². The Morgan fingerprint density at radius 2 is 2.19 bits per heavy atom. The maximum Gasteiger partial charge on any atom is 0.328 e. The van der Waals surface area contributed by atoms with E-state index in [2.05, 4.69) is 33.3 Å². The van der Waals surface area contributed by atoms with Crippen LogP contribution >= 0.6 is 15.9 Å². The van der Waals surface area contributed by atoms with Crippen molar-refractivity contribution in [2.24, 2.45) is 5.92 Å². The molecule has 0 bridgehead atoms. The van der Waals surface area contributed by atoms with Gasteiger partial charge in [-0.3, -0.25) is 4.79 Å². The molecule has 0 amide bonds. The van der Waals surface area contributed by atoms with Crippen molar-refractivity contribution < 1.29 is 9.53 Å². The number of hydrogen-bond donors (Lipinski definition) is 1. The number of anilines is 1. The van der Waals surface area contributed by atoms with Crippen LogP contribution in [0.4, 0.5) is 5.69 Å². The van der Waals surface area contributed by atoms with Crippen LogP contribution in [0.15, 0.2) is 15.5 Å². The zero-order chi connectivity index (χ0) is 16.0. The number of aromatic nitrogens is 2. The van der Waals surface area contributed by atoms with E-state index in [1.54, 1.807) is 6.20 Å². The van der Waals surface area contributed by atoms with Crippen molar-refractivity contribution in [2.75, 3.05) is 12.4 Å². The first-order chi connectivity index (χ1) is 9.92. The number of hydrogen-bond acceptors (Lipinski definition) is 5. The Bertz CT molecular complexity index is 543. The summed E-state index contributed by atoms with van der Waals surface area (Å²) in [5, 5.41) is 7.16. The summed E-state index contributed by atoms with van der Waals surface area (Å²) in [6.07, 6.45) is 3.44.